The number of imidazole rings is 1. The Hall–Kier alpha value is -1.09. The average molecular weight is 281 g/mol. The minimum Gasteiger partial charge on any atom is -0.324 e. The van der Waals surface area contributed by atoms with Crippen LogP contribution in [0.5, 0.6) is 0 Å². The van der Waals surface area contributed by atoms with Crippen molar-refractivity contribution in [1.82, 2.24) is 9.55 Å². The Kier molecular flexibility index (Phi) is 3.25. The van der Waals surface area contributed by atoms with Gasteiger partial charge in [-0.3, -0.25) is 0 Å². The van der Waals surface area contributed by atoms with Crippen LogP contribution >= 0.6 is 11.6 Å². The van der Waals surface area contributed by atoms with Gasteiger partial charge in [-0.15, -0.1) is 11.6 Å². The van der Waals surface area contributed by atoms with E-state index in [4.69, 9.17) is 11.6 Å². The molecule has 0 bridgehead atoms. The summed E-state index contributed by atoms with van der Waals surface area (Å²) in [7, 11) is 0. The number of hydrogen-bond acceptors (Lipinski definition) is 1. The number of fused-ring (bicyclic) bond motifs is 1. The highest BCUT2D eigenvalue weighted by Gasteiger charge is 2.26. The van der Waals surface area contributed by atoms with Gasteiger partial charge in [-0.05, 0) is 43.7 Å². The summed E-state index contributed by atoms with van der Waals surface area (Å²) in [6, 6.07) is 3.88. The van der Waals surface area contributed by atoms with Crippen LogP contribution in [0, 0.1) is 18.7 Å². The van der Waals surface area contributed by atoms with Crippen molar-refractivity contribution < 1.29 is 4.39 Å². The third-order valence-corrected chi connectivity index (χ3v) is 4.43. The minimum absolute atomic E-state index is 0.196. The Morgan fingerprint density at radius 1 is 1.42 bits per heavy atom. The van der Waals surface area contributed by atoms with Crippen LogP contribution < -0.4 is 0 Å². The lowest BCUT2D eigenvalue weighted by molar-refractivity contribution is 0.493. The first-order valence-corrected chi connectivity index (χ1v) is 7.36. The van der Waals surface area contributed by atoms with Crippen LogP contribution in [0.3, 0.4) is 0 Å². The molecule has 0 aliphatic heterocycles. The van der Waals surface area contributed by atoms with Crippen LogP contribution in [-0.2, 0) is 5.88 Å². The molecule has 4 heteroatoms. The van der Waals surface area contributed by atoms with Gasteiger partial charge in [0.05, 0.1) is 16.9 Å². The van der Waals surface area contributed by atoms with Crippen molar-refractivity contribution in [2.45, 2.75) is 45.0 Å². The first kappa shape index (κ1) is 12.9. The Morgan fingerprint density at radius 3 is 2.84 bits per heavy atom. The fourth-order valence-electron chi connectivity index (χ4n) is 3.18. The molecule has 1 fully saturated rings. The summed E-state index contributed by atoms with van der Waals surface area (Å²) in [4.78, 5) is 4.49. The Labute approximate surface area is 117 Å². The molecule has 2 aromatic rings. The van der Waals surface area contributed by atoms with E-state index in [1.807, 2.05) is 6.07 Å². The first-order valence-electron chi connectivity index (χ1n) is 6.83. The van der Waals surface area contributed by atoms with Gasteiger partial charge in [0, 0.05) is 12.1 Å². The zero-order valence-corrected chi connectivity index (χ0v) is 12.0. The van der Waals surface area contributed by atoms with Crippen LogP contribution in [-0.4, -0.2) is 9.55 Å². The van der Waals surface area contributed by atoms with Crippen molar-refractivity contribution in [1.29, 1.82) is 0 Å². The molecule has 2 unspecified atom stereocenters. The van der Waals surface area contributed by atoms with Crippen LogP contribution in [0.25, 0.3) is 11.0 Å². The molecule has 0 spiro atoms. The first-order chi connectivity index (χ1) is 9.10. The maximum absolute atomic E-state index is 13.7. The van der Waals surface area contributed by atoms with E-state index < -0.39 is 0 Å². The molecule has 1 saturated carbocycles. The molecule has 0 N–H and O–H groups in total. The van der Waals surface area contributed by atoms with Crippen molar-refractivity contribution in [3.63, 3.8) is 0 Å². The maximum Gasteiger partial charge on any atom is 0.128 e. The van der Waals surface area contributed by atoms with Gasteiger partial charge in [0.1, 0.15) is 11.6 Å². The predicted molar refractivity (Wildman–Crippen MR) is 76.0 cm³/mol. The molecule has 2 atom stereocenters. The van der Waals surface area contributed by atoms with Gasteiger partial charge in [0.2, 0.25) is 0 Å². The standard InChI is InChI=1S/C15H18ClFN2/c1-9-3-4-11(5-9)19-14-6-10(2)12(17)7-13(14)18-15(19)8-16/h6-7,9,11H,3-5,8H2,1-2H3. The SMILES string of the molecule is Cc1cc2c(cc1F)nc(CCl)n2C1CCC(C)C1. The zero-order valence-electron chi connectivity index (χ0n) is 11.3. The van der Waals surface area contributed by atoms with Gasteiger partial charge in [0.15, 0.2) is 0 Å². The van der Waals surface area contributed by atoms with Gasteiger partial charge >= 0.3 is 0 Å². The van der Waals surface area contributed by atoms with Crippen molar-refractivity contribution in [3.05, 3.63) is 29.3 Å². The summed E-state index contributed by atoms with van der Waals surface area (Å²) in [6.07, 6.45) is 3.56. The van der Waals surface area contributed by atoms with Crippen molar-refractivity contribution in [3.8, 4) is 0 Å². The van der Waals surface area contributed by atoms with Gasteiger partial charge in [-0.1, -0.05) is 6.92 Å². The third-order valence-electron chi connectivity index (χ3n) is 4.19. The van der Waals surface area contributed by atoms with Crippen molar-refractivity contribution in [2.24, 2.45) is 5.92 Å². The molecule has 2 nitrogen and oxygen atoms in total. The van der Waals surface area contributed by atoms with Crippen LogP contribution in [0.2, 0.25) is 0 Å². The molecule has 0 amide bonds. The highest BCUT2D eigenvalue weighted by atomic mass is 35.5. The number of aromatic nitrogens is 2. The Morgan fingerprint density at radius 2 is 2.21 bits per heavy atom. The van der Waals surface area contributed by atoms with Gasteiger partial charge in [0.25, 0.3) is 0 Å². The fraction of sp³-hybridized carbons (Fsp3) is 0.533. The topological polar surface area (TPSA) is 17.8 Å². The predicted octanol–water partition coefficient (Wildman–Crippen LogP) is 4.58. The van der Waals surface area contributed by atoms with Crippen LogP contribution in [0.15, 0.2) is 12.1 Å². The lowest BCUT2D eigenvalue weighted by atomic mass is 10.1. The van der Waals surface area contributed by atoms with E-state index in [1.54, 1.807) is 6.92 Å². The minimum atomic E-state index is -0.196. The third kappa shape index (κ3) is 2.14. The summed E-state index contributed by atoms with van der Waals surface area (Å²) >= 11 is 6.02. The maximum atomic E-state index is 13.7. The van der Waals surface area contributed by atoms with Gasteiger partial charge in [-0.25, -0.2) is 9.37 Å². The normalized spacial score (nSPS) is 23.4. The summed E-state index contributed by atoms with van der Waals surface area (Å²) in [5.41, 5.74) is 2.41. The number of halogens is 2. The summed E-state index contributed by atoms with van der Waals surface area (Å²) in [6.45, 7) is 4.08. The number of aryl methyl sites for hydroxylation is 1. The van der Waals surface area contributed by atoms with Gasteiger partial charge < -0.3 is 4.57 Å². The molecule has 19 heavy (non-hydrogen) atoms. The second kappa shape index (κ2) is 4.78. The second-order valence-electron chi connectivity index (χ2n) is 5.69. The summed E-state index contributed by atoms with van der Waals surface area (Å²) in [5, 5.41) is 0. The lowest BCUT2D eigenvalue weighted by Gasteiger charge is -2.16. The zero-order chi connectivity index (χ0) is 13.6. The quantitative estimate of drug-likeness (QED) is 0.736. The molecule has 1 aromatic heterocycles. The lowest BCUT2D eigenvalue weighted by Crippen LogP contribution is -2.08. The number of benzene rings is 1. The monoisotopic (exact) mass is 280 g/mol. The van der Waals surface area contributed by atoms with E-state index in [1.165, 1.54) is 12.5 Å². The Balaban J connectivity index is 2.18. The average Bonchev–Trinajstić information content (AvgIpc) is 2.93. The van der Waals surface area contributed by atoms with Crippen molar-refractivity contribution in [2.75, 3.05) is 0 Å². The number of alkyl halides is 1. The van der Waals surface area contributed by atoms with Gasteiger partial charge in [-0.2, -0.15) is 0 Å². The van der Waals surface area contributed by atoms with E-state index in [0.717, 1.165) is 35.6 Å². The fourth-order valence-corrected chi connectivity index (χ4v) is 3.37. The number of hydrogen-bond donors (Lipinski definition) is 0. The Bertz CT molecular complexity index is 620. The van der Waals surface area contributed by atoms with E-state index >= 15 is 0 Å². The van der Waals surface area contributed by atoms with E-state index in [0.29, 0.717) is 17.5 Å². The highest BCUT2D eigenvalue weighted by molar-refractivity contribution is 6.16. The van der Waals surface area contributed by atoms with Crippen LogP contribution in [0.4, 0.5) is 4.39 Å². The molecular weight excluding hydrogens is 263 g/mol. The number of nitrogens with zero attached hydrogens (tertiary/aromatic N) is 2. The molecule has 1 heterocycles. The second-order valence-corrected chi connectivity index (χ2v) is 5.96. The summed E-state index contributed by atoms with van der Waals surface area (Å²) < 4.78 is 15.9. The molecule has 0 radical (unpaired) electrons. The molecule has 3 rings (SSSR count). The molecule has 0 saturated heterocycles. The van der Waals surface area contributed by atoms with E-state index in [9.17, 15) is 4.39 Å². The molecule has 1 aliphatic carbocycles. The van der Waals surface area contributed by atoms with E-state index in [-0.39, 0.29) is 5.82 Å². The molecule has 1 aromatic carbocycles. The molecule has 102 valence electrons. The van der Waals surface area contributed by atoms with Crippen LogP contribution in [0.1, 0.15) is 43.6 Å². The molecule has 1 aliphatic rings. The van der Waals surface area contributed by atoms with Crippen molar-refractivity contribution >= 4 is 22.6 Å². The smallest absolute Gasteiger partial charge is 0.128 e. The number of rotatable bonds is 2. The molecular formula is C15H18ClFN2. The highest BCUT2D eigenvalue weighted by Crippen LogP contribution is 2.37. The largest absolute Gasteiger partial charge is 0.324 e. The van der Waals surface area contributed by atoms with E-state index in [2.05, 4.69) is 16.5 Å². The summed E-state index contributed by atoms with van der Waals surface area (Å²) in [5.74, 6) is 1.78.